The first kappa shape index (κ1) is 17.0. The second-order valence-corrected chi connectivity index (χ2v) is 5.37. The van der Waals surface area contributed by atoms with Crippen molar-refractivity contribution >= 4 is 28.1 Å². The number of ether oxygens (including phenoxy) is 2. The van der Waals surface area contributed by atoms with Crippen molar-refractivity contribution in [2.45, 2.75) is 6.92 Å². The number of carbonyl (C=O) groups excluding carboxylic acids is 1. The number of amides is 1. The average molecular weight is 377 g/mol. The van der Waals surface area contributed by atoms with E-state index in [4.69, 9.17) is 9.47 Å². The molecule has 0 saturated heterocycles. The maximum atomic E-state index is 12.0. The van der Waals surface area contributed by atoms with Gasteiger partial charge in [-0.2, -0.15) is 5.10 Å². The number of methoxy groups -OCH3 is 1. The molecule has 1 N–H and O–H groups in total. The van der Waals surface area contributed by atoms with Crippen molar-refractivity contribution in [1.29, 1.82) is 0 Å². The predicted octanol–water partition coefficient (Wildman–Crippen LogP) is 3.62. The van der Waals surface area contributed by atoms with Crippen molar-refractivity contribution in [2.24, 2.45) is 5.10 Å². The summed E-state index contributed by atoms with van der Waals surface area (Å²) in [5, 5.41) is 3.98. The quantitative estimate of drug-likeness (QED) is 0.618. The Bertz CT molecular complexity index is 717. The maximum Gasteiger partial charge on any atom is 0.272 e. The number of benzene rings is 2. The molecule has 120 valence electrons. The molecule has 1 amide bonds. The Morgan fingerprint density at radius 1 is 1.30 bits per heavy atom. The van der Waals surface area contributed by atoms with E-state index < -0.39 is 0 Å². The standard InChI is InChI=1S/C17H17BrN2O3/c1-3-23-13-9-8-12(16(10-13)22-2)11-19-20-17(21)14-6-4-5-7-15(14)18/h4-11H,3H2,1-2H3,(H,20,21). The molecule has 0 spiro atoms. The van der Waals surface area contributed by atoms with Crippen LogP contribution in [0.4, 0.5) is 0 Å². The molecule has 0 bridgehead atoms. The van der Waals surface area contributed by atoms with Gasteiger partial charge in [0, 0.05) is 16.1 Å². The summed E-state index contributed by atoms with van der Waals surface area (Å²) in [6.45, 7) is 2.50. The zero-order valence-electron chi connectivity index (χ0n) is 12.9. The number of nitrogens with zero attached hydrogens (tertiary/aromatic N) is 1. The summed E-state index contributed by atoms with van der Waals surface area (Å²) in [4.78, 5) is 12.0. The van der Waals surface area contributed by atoms with Crippen molar-refractivity contribution in [3.05, 3.63) is 58.1 Å². The fraction of sp³-hybridized carbons (Fsp3) is 0.176. The monoisotopic (exact) mass is 376 g/mol. The lowest BCUT2D eigenvalue weighted by molar-refractivity contribution is 0.0954. The Morgan fingerprint density at radius 3 is 2.78 bits per heavy atom. The van der Waals surface area contributed by atoms with Crippen LogP contribution in [0, 0.1) is 0 Å². The molecule has 2 aromatic carbocycles. The average Bonchev–Trinajstić information content (AvgIpc) is 2.56. The van der Waals surface area contributed by atoms with Crippen LogP contribution in [0.1, 0.15) is 22.8 Å². The Balaban J connectivity index is 2.08. The highest BCUT2D eigenvalue weighted by Gasteiger charge is 2.08. The zero-order valence-corrected chi connectivity index (χ0v) is 14.5. The first-order valence-electron chi connectivity index (χ1n) is 7.04. The van der Waals surface area contributed by atoms with Crippen LogP contribution in [0.5, 0.6) is 11.5 Å². The van der Waals surface area contributed by atoms with Crippen LogP contribution >= 0.6 is 15.9 Å². The molecular weight excluding hydrogens is 360 g/mol. The van der Waals surface area contributed by atoms with Gasteiger partial charge in [0.2, 0.25) is 0 Å². The van der Waals surface area contributed by atoms with Gasteiger partial charge in [-0.05, 0) is 47.1 Å². The molecule has 5 nitrogen and oxygen atoms in total. The van der Waals surface area contributed by atoms with Crippen molar-refractivity contribution < 1.29 is 14.3 Å². The van der Waals surface area contributed by atoms with E-state index in [1.165, 1.54) is 6.21 Å². The lowest BCUT2D eigenvalue weighted by atomic mass is 10.2. The Hall–Kier alpha value is -2.34. The van der Waals surface area contributed by atoms with Gasteiger partial charge in [0.1, 0.15) is 11.5 Å². The number of rotatable bonds is 6. The van der Waals surface area contributed by atoms with E-state index in [0.29, 0.717) is 22.4 Å². The van der Waals surface area contributed by atoms with Crippen molar-refractivity contribution in [2.75, 3.05) is 13.7 Å². The smallest absolute Gasteiger partial charge is 0.272 e. The third kappa shape index (κ3) is 4.56. The van der Waals surface area contributed by atoms with Crippen LogP contribution in [-0.2, 0) is 0 Å². The van der Waals surface area contributed by atoms with Crippen LogP contribution in [-0.4, -0.2) is 25.8 Å². The van der Waals surface area contributed by atoms with Crippen LogP contribution in [0.3, 0.4) is 0 Å². The molecule has 0 aliphatic heterocycles. The SMILES string of the molecule is CCOc1ccc(C=NNC(=O)c2ccccc2Br)c(OC)c1. The normalized spacial score (nSPS) is 10.6. The number of nitrogens with one attached hydrogen (secondary N) is 1. The molecule has 0 heterocycles. The molecule has 0 unspecified atom stereocenters. The lowest BCUT2D eigenvalue weighted by Gasteiger charge is -2.08. The molecule has 6 heteroatoms. The van der Waals surface area contributed by atoms with Gasteiger partial charge in [0.25, 0.3) is 5.91 Å². The van der Waals surface area contributed by atoms with E-state index in [9.17, 15) is 4.79 Å². The van der Waals surface area contributed by atoms with Gasteiger partial charge in [-0.1, -0.05) is 12.1 Å². The second kappa shape index (κ2) is 8.33. The van der Waals surface area contributed by atoms with Crippen molar-refractivity contribution in [3.63, 3.8) is 0 Å². The molecule has 0 aromatic heterocycles. The summed E-state index contributed by atoms with van der Waals surface area (Å²) in [6, 6.07) is 12.6. The van der Waals surface area contributed by atoms with Gasteiger partial charge < -0.3 is 9.47 Å². The van der Waals surface area contributed by atoms with E-state index in [0.717, 1.165) is 11.3 Å². The third-order valence-electron chi connectivity index (χ3n) is 3.00. The molecule has 2 rings (SSSR count). The first-order valence-corrected chi connectivity index (χ1v) is 7.83. The largest absolute Gasteiger partial charge is 0.496 e. The van der Waals surface area contributed by atoms with Crippen molar-refractivity contribution in [3.8, 4) is 11.5 Å². The molecule has 0 radical (unpaired) electrons. The molecule has 0 atom stereocenters. The van der Waals surface area contributed by atoms with Crippen LogP contribution < -0.4 is 14.9 Å². The van der Waals surface area contributed by atoms with Crippen molar-refractivity contribution in [1.82, 2.24) is 5.43 Å². The van der Waals surface area contributed by atoms with Gasteiger partial charge in [0.15, 0.2) is 0 Å². The Morgan fingerprint density at radius 2 is 2.09 bits per heavy atom. The highest BCUT2D eigenvalue weighted by molar-refractivity contribution is 9.10. The van der Waals surface area contributed by atoms with E-state index in [1.54, 1.807) is 31.4 Å². The number of hydrogen-bond donors (Lipinski definition) is 1. The molecule has 0 fully saturated rings. The number of hydrogen-bond acceptors (Lipinski definition) is 4. The first-order chi connectivity index (χ1) is 11.2. The topological polar surface area (TPSA) is 59.9 Å². The minimum absolute atomic E-state index is 0.293. The number of carbonyl (C=O) groups is 1. The van der Waals surface area contributed by atoms with Gasteiger partial charge in [-0.15, -0.1) is 0 Å². The molecule has 0 aliphatic rings. The third-order valence-corrected chi connectivity index (χ3v) is 3.70. The summed E-state index contributed by atoms with van der Waals surface area (Å²) in [5.41, 5.74) is 3.75. The Labute approximate surface area is 143 Å². The highest BCUT2D eigenvalue weighted by Crippen LogP contribution is 2.23. The summed E-state index contributed by atoms with van der Waals surface area (Å²) in [5.74, 6) is 1.05. The molecule has 23 heavy (non-hydrogen) atoms. The molecular formula is C17H17BrN2O3. The minimum atomic E-state index is -0.293. The maximum absolute atomic E-state index is 12.0. The fourth-order valence-corrected chi connectivity index (χ4v) is 2.39. The fourth-order valence-electron chi connectivity index (χ4n) is 1.92. The summed E-state index contributed by atoms with van der Waals surface area (Å²) >= 11 is 3.33. The number of halogens is 1. The minimum Gasteiger partial charge on any atom is -0.496 e. The summed E-state index contributed by atoms with van der Waals surface area (Å²) in [7, 11) is 1.57. The van der Waals surface area contributed by atoms with Gasteiger partial charge in [-0.3, -0.25) is 4.79 Å². The van der Waals surface area contributed by atoms with Crippen LogP contribution in [0.15, 0.2) is 52.0 Å². The Kier molecular flexibility index (Phi) is 6.17. The van der Waals surface area contributed by atoms with E-state index in [1.807, 2.05) is 25.1 Å². The summed E-state index contributed by atoms with van der Waals surface area (Å²) in [6.07, 6.45) is 1.53. The molecule has 2 aromatic rings. The van der Waals surface area contributed by atoms with E-state index >= 15 is 0 Å². The second-order valence-electron chi connectivity index (χ2n) is 4.52. The predicted molar refractivity (Wildman–Crippen MR) is 93.4 cm³/mol. The lowest BCUT2D eigenvalue weighted by Crippen LogP contribution is -2.18. The summed E-state index contributed by atoms with van der Waals surface area (Å²) < 4.78 is 11.4. The molecule has 0 aliphatic carbocycles. The van der Waals surface area contributed by atoms with Gasteiger partial charge in [0.05, 0.1) is 25.5 Å². The van der Waals surface area contributed by atoms with Crippen LogP contribution in [0.2, 0.25) is 0 Å². The number of hydrazone groups is 1. The zero-order chi connectivity index (χ0) is 16.7. The van der Waals surface area contributed by atoms with E-state index in [2.05, 4.69) is 26.5 Å². The highest BCUT2D eigenvalue weighted by atomic mass is 79.9. The van der Waals surface area contributed by atoms with Crippen LogP contribution in [0.25, 0.3) is 0 Å². The molecule has 0 saturated carbocycles. The van der Waals surface area contributed by atoms with E-state index in [-0.39, 0.29) is 5.91 Å². The van der Waals surface area contributed by atoms with Gasteiger partial charge >= 0.3 is 0 Å². The van der Waals surface area contributed by atoms with Gasteiger partial charge in [-0.25, -0.2) is 5.43 Å².